The Morgan fingerprint density at radius 3 is 2.43 bits per heavy atom. The molecule has 1 aromatic rings. The molecule has 0 aliphatic rings. The molecule has 0 spiro atoms. The summed E-state index contributed by atoms with van der Waals surface area (Å²) in [5, 5.41) is 18.4. The highest BCUT2D eigenvalue weighted by atomic mass is 19.1. The van der Waals surface area contributed by atoms with Crippen LogP contribution in [0.2, 0.25) is 0 Å². The van der Waals surface area contributed by atoms with E-state index in [0.29, 0.717) is 12.0 Å². The van der Waals surface area contributed by atoms with E-state index in [1.807, 2.05) is 6.07 Å². The molecule has 14 heavy (non-hydrogen) atoms. The molecule has 0 radical (unpaired) electrons. The highest BCUT2D eigenvalue weighted by Gasteiger charge is 2.18. The predicted octanol–water partition coefficient (Wildman–Crippen LogP) is 2.20. The van der Waals surface area contributed by atoms with E-state index in [1.54, 1.807) is 6.92 Å². The number of nitriles is 1. The molecule has 3 heteroatoms. The van der Waals surface area contributed by atoms with Gasteiger partial charge in [0, 0.05) is 0 Å². The molecular weight excluding hydrogens is 181 g/mol. The number of benzene rings is 1. The summed E-state index contributed by atoms with van der Waals surface area (Å²) in [6.07, 6.45) is -0.180. The molecular formula is C11H12FNO. The van der Waals surface area contributed by atoms with E-state index < -0.39 is 12.0 Å². The first-order valence-electron chi connectivity index (χ1n) is 4.52. The largest absolute Gasteiger partial charge is 0.391 e. The van der Waals surface area contributed by atoms with Crippen LogP contribution in [0.5, 0.6) is 0 Å². The van der Waals surface area contributed by atoms with Crippen molar-refractivity contribution in [3.8, 4) is 6.07 Å². The Balaban J connectivity index is 2.91. The summed E-state index contributed by atoms with van der Waals surface area (Å²) in [5.74, 6) is -0.906. The maximum absolute atomic E-state index is 12.6. The first-order chi connectivity index (χ1) is 6.69. The predicted molar refractivity (Wildman–Crippen MR) is 51.1 cm³/mol. The van der Waals surface area contributed by atoms with Crippen molar-refractivity contribution in [3.05, 3.63) is 35.6 Å². The third-order valence-electron chi connectivity index (χ3n) is 2.17. The number of aliphatic hydroxyl groups is 1. The normalized spacial score (nSPS) is 14.4. The number of halogens is 1. The minimum Gasteiger partial charge on any atom is -0.391 e. The maximum Gasteiger partial charge on any atom is 0.123 e. The van der Waals surface area contributed by atoms with E-state index in [0.717, 1.165) is 0 Å². The Kier molecular flexibility index (Phi) is 3.61. The average molecular weight is 193 g/mol. The van der Waals surface area contributed by atoms with Crippen LogP contribution < -0.4 is 0 Å². The zero-order valence-electron chi connectivity index (χ0n) is 7.94. The summed E-state index contributed by atoms with van der Waals surface area (Å²) in [5.41, 5.74) is 0.656. The van der Waals surface area contributed by atoms with Gasteiger partial charge in [0.1, 0.15) is 5.82 Å². The molecule has 0 aliphatic heterocycles. The lowest BCUT2D eigenvalue weighted by atomic mass is 9.93. The van der Waals surface area contributed by atoms with Gasteiger partial charge in [0.05, 0.1) is 18.1 Å². The van der Waals surface area contributed by atoms with Crippen LogP contribution in [-0.4, -0.2) is 11.2 Å². The molecule has 1 N–H and O–H groups in total. The Morgan fingerprint density at radius 2 is 2.00 bits per heavy atom. The third-order valence-corrected chi connectivity index (χ3v) is 2.17. The molecule has 2 nitrogen and oxygen atoms in total. The van der Waals surface area contributed by atoms with Gasteiger partial charge in [-0.15, -0.1) is 0 Å². The molecule has 0 fully saturated rings. The summed E-state index contributed by atoms with van der Waals surface area (Å²) in [6, 6.07) is 7.66. The van der Waals surface area contributed by atoms with Crippen molar-refractivity contribution in [2.45, 2.75) is 25.4 Å². The monoisotopic (exact) mass is 193 g/mol. The fourth-order valence-electron chi connectivity index (χ4n) is 1.29. The van der Waals surface area contributed by atoms with Gasteiger partial charge in [-0.1, -0.05) is 19.1 Å². The van der Waals surface area contributed by atoms with E-state index >= 15 is 0 Å². The van der Waals surface area contributed by atoms with Crippen LogP contribution in [0.25, 0.3) is 0 Å². The lowest BCUT2D eigenvalue weighted by molar-refractivity contribution is 0.157. The molecule has 0 aliphatic carbocycles. The van der Waals surface area contributed by atoms with E-state index in [2.05, 4.69) is 0 Å². The van der Waals surface area contributed by atoms with Crippen LogP contribution in [0.4, 0.5) is 4.39 Å². The van der Waals surface area contributed by atoms with Gasteiger partial charge in [0.15, 0.2) is 0 Å². The number of nitrogens with zero attached hydrogens (tertiary/aromatic N) is 1. The van der Waals surface area contributed by atoms with Crippen molar-refractivity contribution < 1.29 is 9.50 Å². The molecule has 0 heterocycles. The van der Waals surface area contributed by atoms with Crippen molar-refractivity contribution in [2.24, 2.45) is 0 Å². The standard InChI is InChI=1S/C11H12FNO/c1-2-11(14)10(7-13)8-3-5-9(12)6-4-8/h3-6,10-11,14H,2H2,1H3. The second-order valence-electron chi connectivity index (χ2n) is 3.13. The Hall–Kier alpha value is -1.40. The Labute approximate surface area is 82.6 Å². The summed E-state index contributed by atoms with van der Waals surface area (Å²) in [7, 11) is 0. The molecule has 2 unspecified atom stereocenters. The average Bonchev–Trinajstić information content (AvgIpc) is 2.21. The molecule has 0 saturated carbocycles. The van der Waals surface area contributed by atoms with Gasteiger partial charge < -0.3 is 5.11 Å². The van der Waals surface area contributed by atoms with Crippen molar-refractivity contribution in [2.75, 3.05) is 0 Å². The minimum absolute atomic E-state index is 0.337. The van der Waals surface area contributed by atoms with E-state index in [1.165, 1.54) is 24.3 Å². The first-order valence-corrected chi connectivity index (χ1v) is 4.52. The number of rotatable bonds is 3. The fourth-order valence-corrected chi connectivity index (χ4v) is 1.29. The third kappa shape index (κ3) is 2.30. The van der Waals surface area contributed by atoms with Gasteiger partial charge in [-0.05, 0) is 24.1 Å². The van der Waals surface area contributed by atoms with Crippen molar-refractivity contribution in [1.82, 2.24) is 0 Å². The van der Waals surface area contributed by atoms with Gasteiger partial charge in [0.25, 0.3) is 0 Å². The Morgan fingerprint density at radius 1 is 1.43 bits per heavy atom. The SMILES string of the molecule is CCC(O)C(C#N)c1ccc(F)cc1. The van der Waals surface area contributed by atoms with Crippen molar-refractivity contribution >= 4 is 0 Å². The van der Waals surface area contributed by atoms with E-state index in [4.69, 9.17) is 5.26 Å². The van der Waals surface area contributed by atoms with Gasteiger partial charge in [-0.25, -0.2) is 4.39 Å². The second-order valence-corrected chi connectivity index (χ2v) is 3.13. The smallest absolute Gasteiger partial charge is 0.123 e. The van der Waals surface area contributed by atoms with Crippen LogP contribution in [0.15, 0.2) is 24.3 Å². The van der Waals surface area contributed by atoms with Gasteiger partial charge in [0.2, 0.25) is 0 Å². The zero-order chi connectivity index (χ0) is 10.6. The molecule has 2 atom stereocenters. The summed E-state index contributed by atoms with van der Waals surface area (Å²) in [4.78, 5) is 0. The van der Waals surface area contributed by atoms with Crippen LogP contribution >= 0.6 is 0 Å². The molecule has 0 bridgehead atoms. The minimum atomic E-state index is -0.689. The molecule has 74 valence electrons. The lowest BCUT2D eigenvalue weighted by Crippen LogP contribution is -2.15. The highest BCUT2D eigenvalue weighted by Crippen LogP contribution is 2.21. The lowest BCUT2D eigenvalue weighted by Gasteiger charge is -2.14. The quantitative estimate of drug-likeness (QED) is 0.799. The summed E-state index contributed by atoms with van der Waals surface area (Å²) < 4.78 is 12.6. The van der Waals surface area contributed by atoms with Crippen LogP contribution in [0, 0.1) is 17.1 Å². The van der Waals surface area contributed by atoms with Crippen molar-refractivity contribution in [1.29, 1.82) is 5.26 Å². The second kappa shape index (κ2) is 4.73. The summed E-state index contributed by atoms with van der Waals surface area (Å²) in [6.45, 7) is 1.80. The summed E-state index contributed by atoms with van der Waals surface area (Å²) >= 11 is 0. The fraction of sp³-hybridized carbons (Fsp3) is 0.364. The van der Waals surface area contributed by atoms with Gasteiger partial charge in [-0.2, -0.15) is 5.26 Å². The first kappa shape index (κ1) is 10.7. The van der Waals surface area contributed by atoms with Gasteiger partial charge >= 0.3 is 0 Å². The number of aliphatic hydroxyl groups excluding tert-OH is 1. The maximum atomic E-state index is 12.6. The number of hydrogen-bond acceptors (Lipinski definition) is 2. The van der Waals surface area contributed by atoms with Crippen molar-refractivity contribution in [3.63, 3.8) is 0 Å². The Bertz CT molecular complexity index is 328. The zero-order valence-corrected chi connectivity index (χ0v) is 7.94. The van der Waals surface area contributed by atoms with Crippen LogP contribution in [0.1, 0.15) is 24.8 Å². The highest BCUT2D eigenvalue weighted by molar-refractivity contribution is 5.26. The van der Waals surface area contributed by atoms with Gasteiger partial charge in [-0.3, -0.25) is 0 Å². The topological polar surface area (TPSA) is 44.0 Å². The molecule has 0 aromatic heterocycles. The number of hydrogen-bond donors (Lipinski definition) is 1. The van der Waals surface area contributed by atoms with E-state index in [9.17, 15) is 9.50 Å². The molecule has 1 aromatic carbocycles. The molecule has 1 rings (SSSR count). The molecule has 0 saturated heterocycles. The molecule has 0 amide bonds. The van der Waals surface area contributed by atoms with Crippen LogP contribution in [0.3, 0.4) is 0 Å². The van der Waals surface area contributed by atoms with E-state index in [-0.39, 0.29) is 5.82 Å². The van der Waals surface area contributed by atoms with Crippen LogP contribution in [-0.2, 0) is 0 Å².